The zero-order valence-corrected chi connectivity index (χ0v) is 20.4. The van der Waals surface area contributed by atoms with Gasteiger partial charge in [-0.25, -0.2) is 4.98 Å². The molecule has 0 aliphatic carbocycles. The maximum absolute atomic E-state index is 13.7. The number of anilines is 1. The van der Waals surface area contributed by atoms with Crippen LogP contribution in [0.3, 0.4) is 0 Å². The Morgan fingerprint density at radius 2 is 1.94 bits per heavy atom. The second-order valence-corrected chi connectivity index (χ2v) is 9.74. The lowest BCUT2D eigenvalue weighted by molar-refractivity contribution is -0.121. The minimum Gasteiger partial charge on any atom is -0.338 e. The molecule has 1 aliphatic heterocycles. The van der Waals surface area contributed by atoms with Crippen LogP contribution in [-0.4, -0.2) is 44.6 Å². The van der Waals surface area contributed by atoms with E-state index < -0.39 is 0 Å². The van der Waals surface area contributed by atoms with Gasteiger partial charge in [-0.3, -0.25) is 14.3 Å². The van der Waals surface area contributed by atoms with E-state index in [-0.39, 0.29) is 17.7 Å². The summed E-state index contributed by atoms with van der Waals surface area (Å²) < 4.78 is 1.83. The third kappa shape index (κ3) is 5.33. The zero-order chi connectivity index (χ0) is 24.2. The highest BCUT2D eigenvalue weighted by molar-refractivity contribution is 7.13. The lowest BCUT2D eigenvalue weighted by Gasteiger charge is -2.32. The molecule has 1 unspecified atom stereocenters. The minimum absolute atomic E-state index is 0.0844. The Hall–Kier alpha value is -3.78. The quantitative estimate of drug-likeness (QED) is 0.423. The molecular formula is C27H27N5O2S. The second-order valence-electron chi connectivity index (χ2n) is 8.80. The summed E-state index contributed by atoms with van der Waals surface area (Å²) in [5, 5.41) is 9.67. The van der Waals surface area contributed by atoms with Gasteiger partial charge in [-0.05, 0) is 48.9 Å². The first-order valence-electron chi connectivity index (χ1n) is 11.8. The lowest BCUT2D eigenvalue weighted by atomic mass is 9.96. The second kappa shape index (κ2) is 10.2. The minimum atomic E-state index is -0.278. The van der Waals surface area contributed by atoms with Crippen molar-refractivity contribution in [3.05, 3.63) is 89.1 Å². The van der Waals surface area contributed by atoms with Gasteiger partial charge in [-0.1, -0.05) is 42.5 Å². The molecule has 4 aromatic rings. The average molecular weight is 486 g/mol. The summed E-state index contributed by atoms with van der Waals surface area (Å²) in [5.41, 5.74) is 3.23. The first kappa shape index (κ1) is 23.0. The van der Waals surface area contributed by atoms with E-state index in [4.69, 9.17) is 5.10 Å². The van der Waals surface area contributed by atoms with Crippen LogP contribution >= 0.6 is 11.3 Å². The lowest BCUT2D eigenvalue weighted by Crippen LogP contribution is -2.43. The van der Waals surface area contributed by atoms with Gasteiger partial charge in [0.15, 0.2) is 0 Å². The monoisotopic (exact) mass is 485 g/mol. The van der Waals surface area contributed by atoms with Crippen LogP contribution in [0.25, 0.3) is 10.6 Å². The molecule has 5 rings (SSSR count). The van der Waals surface area contributed by atoms with Gasteiger partial charge in [0.1, 0.15) is 11.5 Å². The van der Waals surface area contributed by atoms with E-state index >= 15 is 0 Å². The zero-order valence-electron chi connectivity index (χ0n) is 19.6. The number of piperidine rings is 1. The summed E-state index contributed by atoms with van der Waals surface area (Å²) in [6.45, 7) is 3.48. The van der Waals surface area contributed by atoms with E-state index in [0.717, 1.165) is 29.0 Å². The molecule has 1 saturated heterocycles. The Morgan fingerprint density at radius 1 is 1.09 bits per heavy atom. The molecule has 1 fully saturated rings. The number of nitrogens with zero attached hydrogens (tertiary/aromatic N) is 4. The molecule has 4 heterocycles. The Kier molecular flexibility index (Phi) is 6.72. The predicted octanol–water partition coefficient (Wildman–Crippen LogP) is 4.85. The number of carbonyl (C=O) groups excluding carboxylic acids is 2. The fourth-order valence-corrected chi connectivity index (χ4v) is 5.13. The first-order chi connectivity index (χ1) is 17.1. The number of aryl methyl sites for hydroxylation is 1. The van der Waals surface area contributed by atoms with Gasteiger partial charge in [0, 0.05) is 25.0 Å². The number of amides is 2. The number of benzene rings is 1. The maximum Gasteiger partial charge on any atom is 0.257 e. The average Bonchev–Trinajstić information content (AvgIpc) is 3.54. The predicted molar refractivity (Wildman–Crippen MR) is 137 cm³/mol. The van der Waals surface area contributed by atoms with Crippen molar-refractivity contribution in [3.8, 4) is 10.6 Å². The number of hydrogen-bond donors (Lipinski definition) is 1. The van der Waals surface area contributed by atoms with Crippen molar-refractivity contribution >= 4 is 29.0 Å². The van der Waals surface area contributed by atoms with Gasteiger partial charge < -0.3 is 10.2 Å². The van der Waals surface area contributed by atoms with Gasteiger partial charge in [-0.2, -0.15) is 5.10 Å². The van der Waals surface area contributed by atoms with Crippen molar-refractivity contribution < 1.29 is 9.59 Å². The topological polar surface area (TPSA) is 80.1 Å². The summed E-state index contributed by atoms with van der Waals surface area (Å²) in [7, 11) is 0. The van der Waals surface area contributed by atoms with Gasteiger partial charge in [0.25, 0.3) is 5.91 Å². The van der Waals surface area contributed by atoms with E-state index in [2.05, 4.69) is 10.3 Å². The molecular weight excluding hydrogens is 458 g/mol. The van der Waals surface area contributed by atoms with Crippen LogP contribution in [-0.2, 0) is 11.3 Å². The van der Waals surface area contributed by atoms with E-state index in [1.807, 2.05) is 77.8 Å². The normalized spacial score (nSPS) is 15.7. The molecule has 8 heteroatoms. The third-order valence-corrected chi connectivity index (χ3v) is 7.03. The Labute approximate surface area is 208 Å². The Bertz CT molecular complexity index is 1320. The molecule has 3 aromatic heterocycles. The highest BCUT2D eigenvalue weighted by atomic mass is 32.1. The standard InChI is InChI=1S/C27H27N5O2S/c1-19-8-5-13-24(28-19)29-26(33)21-11-6-14-31(17-21)27(34)22-18-32(16-20-9-3-2-4-10-20)30-25(22)23-12-7-15-35-23/h2-5,7-10,12-13,15,18,21H,6,11,14,16-17H2,1H3,(H,28,29,33). The van der Waals surface area contributed by atoms with E-state index in [9.17, 15) is 9.59 Å². The van der Waals surface area contributed by atoms with Crippen molar-refractivity contribution in [2.75, 3.05) is 18.4 Å². The smallest absolute Gasteiger partial charge is 0.257 e. The number of pyridine rings is 1. The summed E-state index contributed by atoms with van der Waals surface area (Å²) in [4.78, 5) is 33.7. The van der Waals surface area contributed by atoms with Crippen LogP contribution in [0.15, 0.2) is 72.2 Å². The van der Waals surface area contributed by atoms with Gasteiger partial charge >= 0.3 is 0 Å². The van der Waals surface area contributed by atoms with Gasteiger partial charge in [0.05, 0.1) is 22.9 Å². The molecule has 2 amide bonds. The number of aromatic nitrogens is 3. The van der Waals surface area contributed by atoms with Crippen LogP contribution < -0.4 is 5.32 Å². The summed E-state index contributed by atoms with van der Waals surface area (Å²) >= 11 is 1.56. The van der Waals surface area contributed by atoms with Crippen molar-refractivity contribution in [1.82, 2.24) is 19.7 Å². The van der Waals surface area contributed by atoms with Crippen LogP contribution in [0, 0.1) is 12.8 Å². The Balaban J connectivity index is 1.35. The first-order valence-corrected chi connectivity index (χ1v) is 12.6. The van der Waals surface area contributed by atoms with Crippen molar-refractivity contribution in [2.45, 2.75) is 26.3 Å². The third-order valence-electron chi connectivity index (χ3n) is 6.15. The molecule has 0 radical (unpaired) electrons. The molecule has 1 aliphatic rings. The number of hydrogen-bond acceptors (Lipinski definition) is 5. The van der Waals surface area contributed by atoms with Crippen molar-refractivity contribution in [3.63, 3.8) is 0 Å². The van der Waals surface area contributed by atoms with Gasteiger partial charge in [-0.15, -0.1) is 11.3 Å². The van der Waals surface area contributed by atoms with Crippen LogP contribution in [0.2, 0.25) is 0 Å². The van der Waals surface area contributed by atoms with Crippen LogP contribution in [0.4, 0.5) is 5.82 Å². The molecule has 0 saturated carbocycles. The van der Waals surface area contributed by atoms with E-state index in [1.165, 1.54) is 0 Å². The fraction of sp³-hybridized carbons (Fsp3) is 0.259. The molecule has 35 heavy (non-hydrogen) atoms. The Morgan fingerprint density at radius 3 is 2.71 bits per heavy atom. The molecule has 1 atom stereocenters. The molecule has 1 aromatic carbocycles. The number of carbonyl (C=O) groups is 2. The van der Waals surface area contributed by atoms with Crippen LogP contribution in [0.1, 0.15) is 34.5 Å². The number of likely N-dealkylation sites (tertiary alicyclic amines) is 1. The summed E-state index contributed by atoms with van der Waals surface area (Å²) in [5.74, 6) is 0.0814. The summed E-state index contributed by atoms with van der Waals surface area (Å²) in [6.07, 6.45) is 3.36. The molecule has 178 valence electrons. The molecule has 0 bridgehead atoms. The molecule has 1 N–H and O–H groups in total. The largest absolute Gasteiger partial charge is 0.338 e. The molecule has 7 nitrogen and oxygen atoms in total. The number of rotatable bonds is 6. The maximum atomic E-state index is 13.7. The molecule has 0 spiro atoms. The number of thiophene rings is 1. The highest BCUT2D eigenvalue weighted by Gasteiger charge is 2.31. The van der Waals surface area contributed by atoms with E-state index in [1.54, 1.807) is 22.3 Å². The summed E-state index contributed by atoms with van der Waals surface area (Å²) in [6, 6.07) is 19.6. The van der Waals surface area contributed by atoms with Gasteiger partial charge in [0.2, 0.25) is 5.91 Å². The van der Waals surface area contributed by atoms with Crippen molar-refractivity contribution in [2.24, 2.45) is 5.92 Å². The fourth-order valence-electron chi connectivity index (χ4n) is 4.41. The van der Waals surface area contributed by atoms with Crippen LogP contribution in [0.5, 0.6) is 0 Å². The SMILES string of the molecule is Cc1cccc(NC(=O)C2CCCN(C(=O)c3cn(Cc4ccccc4)nc3-c3cccs3)C2)n1. The van der Waals surface area contributed by atoms with Crippen molar-refractivity contribution in [1.29, 1.82) is 0 Å². The van der Waals surface area contributed by atoms with E-state index in [0.29, 0.717) is 36.7 Å². The highest BCUT2D eigenvalue weighted by Crippen LogP contribution is 2.29. The number of nitrogens with one attached hydrogen (secondary N) is 1.